The van der Waals surface area contributed by atoms with Crippen LogP contribution in [0, 0.1) is 5.92 Å². The third-order valence-corrected chi connectivity index (χ3v) is 6.20. The first-order valence-corrected chi connectivity index (χ1v) is 11.0. The number of amides is 2. The number of rotatable bonds is 11. The van der Waals surface area contributed by atoms with Gasteiger partial charge in [-0.05, 0) is 57.8 Å². The van der Waals surface area contributed by atoms with Gasteiger partial charge in [-0.1, -0.05) is 6.92 Å². The van der Waals surface area contributed by atoms with E-state index < -0.39 is 0 Å². The van der Waals surface area contributed by atoms with E-state index in [1.165, 1.54) is 19.8 Å². The minimum atomic E-state index is -0.0734. The van der Waals surface area contributed by atoms with Gasteiger partial charge in [0, 0.05) is 52.7 Å². The van der Waals surface area contributed by atoms with Gasteiger partial charge in [-0.15, -0.1) is 0 Å². The number of nitrogens with zero attached hydrogens (tertiary/aromatic N) is 3. The fraction of sp³-hybridized carbons (Fsp3) is 0.905. The molecule has 2 saturated heterocycles. The first-order valence-electron chi connectivity index (χ1n) is 11.0. The number of piperidine rings is 1. The van der Waals surface area contributed by atoms with Crippen molar-refractivity contribution in [1.29, 1.82) is 0 Å². The number of likely N-dealkylation sites (tertiary alicyclic amines) is 2. The van der Waals surface area contributed by atoms with Crippen LogP contribution < -0.4 is 5.32 Å². The summed E-state index contributed by atoms with van der Waals surface area (Å²) in [5, 5.41) is 2.76. The molecule has 1 atom stereocenters. The van der Waals surface area contributed by atoms with Crippen LogP contribution in [0.1, 0.15) is 46.0 Å². The zero-order valence-corrected chi connectivity index (χ0v) is 18.1. The Labute approximate surface area is 170 Å². The standard InChI is InChI=1S/C21H40N4O3/c1-4-24-11-5-6-20(24)17-25(21(27)7-10-22-18(2)26)16-19-8-12-23(13-9-19)14-15-28-3/h19-20H,4-17H2,1-3H3,(H,22,26). The number of carbonyl (C=O) groups excluding carboxylic acids is 2. The van der Waals surface area contributed by atoms with Crippen LogP contribution in [0.15, 0.2) is 0 Å². The van der Waals surface area contributed by atoms with Crippen molar-refractivity contribution in [1.82, 2.24) is 20.0 Å². The lowest BCUT2D eigenvalue weighted by molar-refractivity contribution is -0.132. The molecule has 28 heavy (non-hydrogen) atoms. The Morgan fingerprint density at radius 1 is 1.14 bits per heavy atom. The summed E-state index contributed by atoms with van der Waals surface area (Å²) < 4.78 is 5.19. The summed E-state index contributed by atoms with van der Waals surface area (Å²) in [6.07, 6.45) is 5.08. The summed E-state index contributed by atoms with van der Waals surface area (Å²) in [6.45, 7) is 12.0. The molecule has 1 unspecified atom stereocenters. The van der Waals surface area contributed by atoms with Gasteiger partial charge in [-0.3, -0.25) is 14.5 Å². The summed E-state index contributed by atoms with van der Waals surface area (Å²) in [4.78, 5) is 31.1. The van der Waals surface area contributed by atoms with Crippen molar-refractivity contribution in [3.8, 4) is 0 Å². The van der Waals surface area contributed by atoms with Gasteiger partial charge in [0.05, 0.1) is 6.61 Å². The molecule has 0 aromatic carbocycles. The molecule has 162 valence electrons. The van der Waals surface area contributed by atoms with E-state index in [0.717, 1.165) is 65.3 Å². The van der Waals surface area contributed by atoms with E-state index in [0.29, 0.717) is 24.9 Å². The summed E-state index contributed by atoms with van der Waals surface area (Å²) in [5.74, 6) is 0.675. The quantitative estimate of drug-likeness (QED) is 0.568. The highest BCUT2D eigenvalue weighted by atomic mass is 16.5. The predicted octanol–water partition coefficient (Wildman–Crippen LogP) is 1.18. The van der Waals surface area contributed by atoms with Gasteiger partial charge >= 0.3 is 0 Å². The molecule has 0 aromatic heterocycles. The van der Waals surface area contributed by atoms with Gasteiger partial charge in [0.25, 0.3) is 0 Å². The second kappa shape index (κ2) is 12.4. The van der Waals surface area contributed by atoms with Crippen LogP contribution in [0.2, 0.25) is 0 Å². The predicted molar refractivity (Wildman–Crippen MR) is 111 cm³/mol. The number of likely N-dealkylation sites (N-methyl/N-ethyl adjacent to an activating group) is 1. The molecule has 7 heteroatoms. The lowest BCUT2D eigenvalue weighted by Gasteiger charge is -2.36. The van der Waals surface area contributed by atoms with E-state index >= 15 is 0 Å². The third-order valence-electron chi connectivity index (χ3n) is 6.20. The fourth-order valence-corrected chi connectivity index (χ4v) is 4.48. The topological polar surface area (TPSA) is 65.1 Å². The average Bonchev–Trinajstić information content (AvgIpc) is 3.13. The van der Waals surface area contributed by atoms with Crippen LogP contribution in [0.4, 0.5) is 0 Å². The highest BCUT2D eigenvalue weighted by Gasteiger charge is 2.29. The number of hydrogen-bond donors (Lipinski definition) is 1. The zero-order chi connectivity index (χ0) is 20.4. The van der Waals surface area contributed by atoms with Gasteiger partial charge in [0.1, 0.15) is 0 Å². The lowest BCUT2D eigenvalue weighted by atomic mass is 9.95. The van der Waals surface area contributed by atoms with Crippen LogP contribution in [0.5, 0.6) is 0 Å². The van der Waals surface area contributed by atoms with Crippen LogP contribution in [0.3, 0.4) is 0 Å². The maximum absolute atomic E-state index is 12.9. The second-order valence-corrected chi connectivity index (χ2v) is 8.23. The fourth-order valence-electron chi connectivity index (χ4n) is 4.48. The molecule has 7 nitrogen and oxygen atoms in total. The molecule has 0 saturated carbocycles. The van der Waals surface area contributed by atoms with E-state index in [1.807, 2.05) is 0 Å². The molecule has 2 amide bonds. The van der Waals surface area contributed by atoms with E-state index in [1.54, 1.807) is 7.11 Å². The van der Waals surface area contributed by atoms with E-state index in [4.69, 9.17) is 4.74 Å². The van der Waals surface area contributed by atoms with E-state index in [-0.39, 0.29) is 11.8 Å². The first kappa shape index (κ1) is 23.1. The number of methoxy groups -OCH3 is 1. The number of ether oxygens (including phenoxy) is 1. The summed E-state index contributed by atoms with van der Waals surface area (Å²) in [7, 11) is 1.75. The molecular formula is C21H40N4O3. The second-order valence-electron chi connectivity index (χ2n) is 8.23. The van der Waals surface area contributed by atoms with Gasteiger partial charge in [-0.2, -0.15) is 0 Å². The Hall–Kier alpha value is -1.18. The van der Waals surface area contributed by atoms with Gasteiger partial charge in [-0.25, -0.2) is 0 Å². The molecule has 0 aliphatic carbocycles. The van der Waals surface area contributed by atoms with Crippen molar-refractivity contribution in [2.45, 2.75) is 52.0 Å². The summed E-state index contributed by atoms with van der Waals surface area (Å²) >= 11 is 0. The number of nitrogens with one attached hydrogen (secondary N) is 1. The largest absolute Gasteiger partial charge is 0.383 e. The Bertz CT molecular complexity index is 480. The molecule has 2 fully saturated rings. The highest BCUT2D eigenvalue weighted by Crippen LogP contribution is 2.22. The van der Waals surface area contributed by atoms with Crippen LogP contribution in [-0.2, 0) is 14.3 Å². The zero-order valence-electron chi connectivity index (χ0n) is 18.1. The third kappa shape index (κ3) is 7.68. The molecule has 1 N–H and O–H groups in total. The highest BCUT2D eigenvalue weighted by molar-refractivity contribution is 5.78. The minimum absolute atomic E-state index is 0.0734. The van der Waals surface area contributed by atoms with E-state index in [9.17, 15) is 9.59 Å². The van der Waals surface area contributed by atoms with Gasteiger partial charge < -0.3 is 19.9 Å². The minimum Gasteiger partial charge on any atom is -0.383 e. The number of carbonyl (C=O) groups is 2. The van der Waals surface area contributed by atoms with Gasteiger partial charge in [0.2, 0.25) is 11.8 Å². The maximum atomic E-state index is 12.9. The number of hydrogen-bond acceptors (Lipinski definition) is 5. The first-order chi connectivity index (χ1) is 13.5. The monoisotopic (exact) mass is 396 g/mol. The van der Waals surface area contributed by atoms with Crippen molar-refractivity contribution in [3.05, 3.63) is 0 Å². The Balaban J connectivity index is 1.88. The maximum Gasteiger partial charge on any atom is 0.224 e. The van der Waals surface area contributed by atoms with Crippen LogP contribution in [0.25, 0.3) is 0 Å². The van der Waals surface area contributed by atoms with Crippen molar-refractivity contribution >= 4 is 11.8 Å². The lowest BCUT2D eigenvalue weighted by Crippen LogP contribution is -2.47. The smallest absolute Gasteiger partial charge is 0.224 e. The summed E-state index contributed by atoms with van der Waals surface area (Å²) in [5.41, 5.74) is 0. The van der Waals surface area contributed by atoms with Crippen molar-refractivity contribution in [2.75, 3.05) is 66.1 Å². The SMILES string of the molecule is CCN1CCCC1CN(CC1CCN(CCOC)CC1)C(=O)CCNC(C)=O. The van der Waals surface area contributed by atoms with Crippen LogP contribution >= 0.6 is 0 Å². The van der Waals surface area contributed by atoms with E-state index in [2.05, 4.69) is 26.9 Å². The molecular weight excluding hydrogens is 356 g/mol. The molecule has 2 aliphatic rings. The molecule has 0 spiro atoms. The normalized spacial score (nSPS) is 21.8. The Morgan fingerprint density at radius 2 is 1.89 bits per heavy atom. The van der Waals surface area contributed by atoms with Gasteiger partial charge in [0.15, 0.2) is 0 Å². The Morgan fingerprint density at radius 3 is 2.54 bits per heavy atom. The molecule has 0 aromatic rings. The summed E-state index contributed by atoms with van der Waals surface area (Å²) in [6, 6.07) is 0.483. The Kier molecular flexibility index (Phi) is 10.2. The van der Waals surface area contributed by atoms with Crippen LogP contribution in [-0.4, -0.2) is 98.6 Å². The molecule has 2 heterocycles. The molecule has 2 rings (SSSR count). The van der Waals surface area contributed by atoms with Crippen molar-refractivity contribution < 1.29 is 14.3 Å². The average molecular weight is 397 g/mol. The molecule has 2 aliphatic heterocycles. The van der Waals surface area contributed by atoms with Crippen molar-refractivity contribution in [2.24, 2.45) is 5.92 Å². The van der Waals surface area contributed by atoms with Crippen molar-refractivity contribution in [3.63, 3.8) is 0 Å². The molecule has 0 radical (unpaired) electrons. The molecule has 0 bridgehead atoms.